The highest BCUT2D eigenvalue weighted by Crippen LogP contribution is 2.65. The maximum absolute atomic E-state index is 6.78. The number of hydrogen-bond donors (Lipinski definition) is 0. The van der Waals surface area contributed by atoms with E-state index in [0.717, 1.165) is 22.9 Å². The average Bonchev–Trinajstić information content (AvgIpc) is 3.28. The first-order chi connectivity index (χ1) is 19.7. The highest BCUT2D eigenvalue weighted by Gasteiger charge is 2.56. The molecule has 40 heavy (non-hydrogen) atoms. The Morgan fingerprint density at radius 3 is 1.48 bits per heavy atom. The lowest BCUT2D eigenvalue weighted by atomic mass is 9.51. The zero-order chi connectivity index (χ0) is 26.9. The lowest BCUT2D eigenvalue weighted by Crippen LogP contribution is -2.45. The summed E-state index contributed by atoms with van der Waals surface area (Å²) in [5.74, 6) is 0. The normalized spacial score (nSPS) is 17.0. The Balaban J connectivity index is 1.61. The maximum atomic E-state index is 6.78. The highest BCUT2D eigenvalue weighted by atomic mass is 35.5. The minimum Gasteiger partial charge on any atom is -0.0843 e. The Bertz CT molecular complexity index is 1770. The van der Waals surface area contributed by atoms with Gasteiger partial charge >= 0.3 is 0 Å². The van der Waals surface area contributed by atoms with Crippen molar-refractivity contribution in [2.45, 2.75) is 23.7 Å². The average molecular weight is 554 g/mol. The van der Waals surface area contributed by atoms with Crippen LogP contribution in [0.15, 0.2) is 139 Å². The van der Waals surface area contributed by atoms with Crippen molar-refractivity contribution in [1.29, 1.82) is 0 Å². The Morgan fingerprint density at radius 2 is 0.975 bits per heavy atom. The van der Waals surface area contributed by atoms with Crippen LogP contribution in [-0.4, -0.2) is 0 Å². The molecular formula is C38H26Cl2. The molecule has 0 radical (unpaired) electrons. The zero-order valence-corrected chi connectivity index (χ0v) is 23.4. The topological polar surface area (TPSA) is 0 Å². The molecule has 0 saturated carbocycles. The first kappa shape index (κ1) is 24.0. The van der Waals surface area contributed by atoms with E-state index in [1.165, 1.54) is 55.6 Å². The van der Waals surface area contributed by atoms with Crippen LogP contribution in [0.25, 0.3) is 11.1 Å². The molecule has 0 N–H and O–H groups in total. The maximum Gasteiger partial charge on any atom is 0.0721 e. The van der Waals surface area contributed by atoms with Gasteiger partial charge in [-0.05, 0) is 92.8 Å². The molecule has 0 amide bonds. The summed E-state index contributed by atoms with van der Waals surface area (Å²) in [7, 11) is 0. The molecule has 0 atom stereocenters. The summed E-state index contributed by atoms with van der Waals surface area (Å²) in [4.78, 5) is 0. The molecule has 0 aromatic heterocycles. The minimum absolute atomic E-state index is 0.462. The second-order valence-corrected chi connectivity index (χ2v) is 11.8. The molecule has 0 heterocycles. The summed E-state index contributed by atoms with van der Waals surface area (Å²) in [6.45, 7) is 0. The van der Waals surface area contributed by atoms with Gasteiger partial charge in [0.05, 0.1) is 10.8 Å². The van der Waals surface area contributed by atoms with Crippen molar-refractivity contribution >= 4 is 23.2 Å². The molecule has 0 saturated heterocycles. The van der Waals surface area contributed by atoms with E-state index in [1.54, 1.807) is 0 Å². The number of halogens is 2. The molecule has 1 spiro atoms. The number of allylic oxidation sites excluding steroid dienone is 4. The van der Waals surface area contributed by atoms with E-state index in [9.17, 15) is 0 Å². The van der Waals surface area contributed by atoms with Crippen LogP contribution >= 0.6 is 23.2 Å². The lowest BCUT2D eigenvalue weighted by molar-refractivity contribution is 0.619. The standard InChI is InChI=1S/C38H26Cl2/c39-27-19-21-29-30-22-20-28(40)24-36(30)38(35(29)23-27)33-17-9-7-15-31(33)37(25-11-3-1-4-12-25,26-13-5-2-6-14-26)32-16-8-10-18-34(32)38/h1,3-5,7-24H,2,6H2. The predicted molar refractivity (Wildman–Crippen MR) is 167 cm³/mol. The summed E-state index contributed by atoms with van der Waals surface area (Å²) in [6, 6.07) is 41.8. The molecule has 3 aliphatic carbocycles. The third kappa shape index (κ3) is 2.99. The molecule has 5 aromatic rings. The molecule has 5 aromatic carbocycles. The van der Waals surface area contributed by atoms with Gasteiger partial charge in [0.15, 0.2) is 0 Å². The van der Waals surface area contributed by atoms with Gasteiger partial charge in [0.1, 0.15) is 0 Å². The number of rotatable bonds is 2. The Morgan fingerprint density at radius 1 is 0.475 bits per heavy atom. The van der Waals surface area contributed by atoms with E-state index in [1.807, 2.05) is 12.1 Å². The van der Waals surface area contributed by atoms with Crippen LogP contribution in [0.4, 0.5) is 0 Å². The van der Waals surface area contributed by atoms with E-state index in [-0.39, 0.29) is 0 Å². The second kappa shape index (κ2) is 8.83. The summed E-state index contributed by atoms with van der Waals surface area (Å²) in [5, 5.41) is 1.48. The smallest absolute Gasteiger partial charge is 0.0721 e. The van der Waals surface area contributed by atoms with Gasteiger partial charge < -0.3 is 0 Å². The van der Waals surface area contributed by atoms with Crippen LogP contribution in [0.5, 0.6) is 0 Å². The molecule has 0 fully saturated rings. The van der Waals surface area contributed by atoms with Crippen molar-refractivity contribution in [2.75, 3.05) is 0 Å². The van der Waals surface area contributed by atoms with E-state index < -0.39 is 10.8 Å². The van der Waals surface area contributed by atoms with Gasteiger partial charge in [-0.25, -0.2) is 0 Å². The zero-order valence-electron chi connectivity index (χ0n) is 21.9. The van der Waals surface area contributed by atoms with Gasteiger partial charge in [-0.3, -0.25) is 0 Å². The van der Waals surface area contributed by atoms with Gasteiger partial charge in [0.2, 0.25) is 0 Å². The third-order valence-electron chi connectivity index (χ3n) is 9.17. The van der Waals surface area contributed by atoms with Crippen molar-refractivity contribution in [3.8, 4) is 11.1 Å². The molecule has 0 aliphatic heterocycles. The van der Waals surface area contributed by atoms with Gasteiger partial charge in [0, 0.05) is 10.0 Å². The Labute approximate surface area is 245 Å². The fraction of sp³-hybridized carbons (Fsp3) is 0.105. The lowest BCUT2D eigenvalue weighted by Gasteiger charge is -2.50. The predicted octanol–water partition coefficient (Wildman–Crippen LogP) is 10.3. The number of fused-ring (bicyclic) bond motifs is 9. The first-order valence-electron chi connectivity index (χ1n) is 13.9. The van der Waals surface area contributed by atoms with Crippen LogP contribution in [0, 0.1) is 0 Å². The SMILES string of the molecule is Clc1ccc2c(c1)C1(c3cc(Cl)ccc3-2)c2ccccc2C(C2=CCCC=C2)(c2ccccc2)c2ccccc21. The Kier molecular flexibility index (Phi) is 5.30. The van der Waals surface area contributed by atoms with Crippen molar-refractivity contribution in [1.82, 2.24) is 0 Å². The van der Waals surface area contributed by atoms with Crippen molar-refractivity contribution in [3.63, 3.8) is 0 Å². The highest BCUT2D eigenvalue weighted by molar-refractivity contribution is 6.31. The van der Waals surface area contributed by atoms with Gasteiger partial charge in [-0.15, -0.1) is 0 Å². The second-order valence-electron chi connectivity index (χ2n) is 11.0. The molecule has 0 bridgehead atoms. The Hall–Kier alpha value is -3.84. The molecule has 0 nitrogen and oxygen atoms in total. The molecular weight excluding hydrogens is 527 g/mol. The molecule has 2 heteroatoms. The number of hydrogen-bond acceptors (Lipinski definition) is 0. The van der Waals surface area contributed by atoms with Crippen LogP contribution in [-0.2, 0) is 10.8 Å². The molecule has 192 valence electrons. The fourth-order valence-corrected chi connectivity index (χ4v) is 8.13. The van der Waals surface area contributed by atoms with Crippen molar-refractivity contribution in [3.05, 3.63) is 188 Å². The van der Waals surface area contributed by atoms with Crippen molar-refractivity contribution in [2.24, 2.45) is 0 Å². The summed E-state index contributed by atoms with van der Waals surface area (Å²) in [6.07, 6.45) is 9.23. The monoisotopic (exact) mass is 552 g/mol. The van der Waals surface area contributed by atoms with E-state index >= 15 is 0 Å². The van der Waals surface area contributed by atoms with Crippen LogP contribution in [0.1, 0.15) is 51.8 Å². The van der Waals surface area contributed by atoms with Crippen LogP contribution in [0.2, 0.25) is 10.0 Å². The van der Waals surface area contributed by atoms with Crippen molar-refractivity contribution < 1.29 is 0 Å². The van der Waals surface area contributed by atoms with E-state index in [0.29, 0.717) is 0 Å². The summed E-state index contributed by atoms with van der Waals surface area (Å²) >= 11 is 13.6. The number of benzene rings is 5. The van der Waals surface area contributed by atoms with Gasteiger partial charge in [-0.2, -0.15) is 0 Å². The third-order valence-corrected chi connectivity index (χ3v) is 9.64. The van der Waals surface area contributed by atoms with Crippen LogP contribution in [0.3, 0.4) is 0 Å². The van der Waals surface area contributed by atoms with Gasteiger partial charge in [0.25, 0.3) is 0 Å². The molecule has 8 rings (SSSR count). The quantitative estimate of drug-likeness (QED) is 0.200. The summed E-state index contributed by atoms with van der Waals surface area (Å²) in [5.41, 5.74) is 11.6. The molecule has 3 aliphatic rings. The first-order valence-corrected chi connectivity index (χ1v) is 14.7. The fourth-order valence-electron chi connectivity index (χ4n) is 7.78. The largest absolute Gasteiger partial charge is 0.0843 e. The van der Waals surface area contributed by atoms with E-state index in [2.05, 4.69) is 121 Å². The molecule has 0 unspecified atom stereocenters. The van der Waals surface area contributed by atoms with E-state index in [4.69, 9.17) is 23.2 Å². The summed E-state index contributed by atoms with van der Waals surface area (Å²) < 4.78 is 0. The van der Waals surface area contributed by atoms with Crippen LogP contribution < -0.4 is 0 Å². The van der Waals surface area contributed by atoms with Gasteiger partial charge in [-0.1, -0.05) is 132 Å². The minimum atomic E-state index is -0.551.